The van der Waals surface area contributed by atoms with E-state index in [2.05, 4.69) is 41.2 Å². The number of likely N-dealkylation sites (tertiary alicyclic amines) is 1. The zero-order valence-electron chi connectivity index (χ0n) is 48.6. The normalized spacial score (nSPS) is 18.4. The Labute approximate surface area is 453 Å². The van der Waals surface area contributed by atoms with Crippen molar-refractivity contribution >= 4 is 23.8 Å². The largest absolute Gasteiger partial charge is 0.466 e. The second-order valence-corrected chi connectivity index (χ2v) is 25.0. The number of fused-ring (bicyclic) bond motifs is 1. The number of hydrogen-bond donors (Lipinski definition) is 2. The highest BCUT2D eigenvalue weighted by Crippen LogP contribution is 2.33. The molecule has 0 saturated carbocycles. The third-order valence-electron chi connectivity index (χ3n) is 17.3. The van der Waals surface area contributed by atoms with E-state index in [4.69, 9.17) is 4.74 Å². The molecule has 3 aliphatic heterocycles. The van der Waals surface area contributed by atoms with Crippen molar-refractivity contribution in [2.24, 2.45) is 0 Å². The van der Waals surface area contributed by atoms with Gasteiger partial charge in [0, 0.05) is 29.5 Å². The highest BCUT2D eigenvalue weighted by Gasteiger charge is 2.42. The van der Waals surface area contributed by atoms with Crippen LogP contribution in [0.4, 0.5) is 4.79 Å². The molecule has 3 aliphatic rings. The fourth-order valence-corrected chi connectivity index (χ4v) is 14.0. The van der Waals surface area contributed by atoms with Gasteiger partial charge in [-0.15, -0.1) is 0 Å². The van der Waals surface area contributed by atoms with Crippen molar-refractivity contribution in [2.75, 3.05) is 38.5 Å². The molecule has 0 unspecified atom stereocenters. The van der Waals surface area contributed by atoms with Crippen LogP contribution in [0.2, 0.25) is 0 Å². The van der Waals surface area contributed by atoms with Gasteiger partial charge in [-0.1, -0.05) is 265 Å². The zero-order chi connectivity index (χ0) is 51.2. The first-order chi connectivity index (χ1) is 35.5. The van der Waals surface area contributed by atoms with Crippen LogP contribution < -0.4 is 10.6 Å². The number of rotatable bonds is 53. The van der Waals surface area contributed by atoms with Gasteiger partial charge in [-0.2, -0.15) is 11.8 Å². The second kappa shape index (κ2) is 47.2. The fraction of sp³-hybridized carbons (Fsp3) is 0.969. The van der Waals surface area contributed by atoms with Crippen molar-refractivity contribution in [1.82, 2.24) is 20.4 Å². The summed E-state index contributed by atoms with van der Waals surface area (Å²) in [6.07, 6.45) is 65.3. The molecular weight excluding hydrogens is 905 g/mol. The predicted molar refractivity (Wildman–Crippen MR) is 316 cm³/mol. The lowest BCUT2D eigenvalue weighted by Gasteiger charge is -2.42. The third kappa shape index (κ3) is 33.9. The molecule has 7 nitrogen and oxygen atoms in total. The molecule has 72 heavy (non-hydrogen) atoms. The minimum absolute atomic E-state index is 0.0231. The maximum atomic E-state index is 12.5. The molecule has 8 heteroatoms. The summed E-state index contributed by atoms with van der Waals surface area (Å²) in [4.78, 5) is 30.2. The topological polar surface area (TPSA) is 73.9 Å². The van der Waals surface area contributed by atoms with Crippen LogP contribution in [0, 0.1) is 0 Å². The first-order valence-electron chi connectivity index (χ1n) is 32.9. The van der Waals surface area contributed by atoms with Gasteiger partial charge in [-0.05, 0) is 84.0 Å². The van der Waals surface area contributed by atoms with Crippen molar-refractivity contribution in [1.29, 1.82) is 0 Å². The van der Waals surface area contributed by atoms with E-state index in [1.807, 2.05) is 11.8 Å². The zero-order valence-corrected chi connectivity index (χ0v) is 49.4. The first kappa shape index (κ1) is 65.3. The van der Waals surface area contributed by atoms with Crippen molar-refractivity contribution in [3.63, 3.8) is 0 Å². The molecule has 0 aromatic carbocycles. The number of nitrogens with zero attached hydrogens (tertiary/aromatic N) is 2. The number of thioether (sulfide) groups is 1. The number of hydrogen-bond acceptors (Lipinski definition) is 6. The molecular formula is C64H124N4O3S. The summed E-state index contributed by atoms with van der Waals surface area (Å²) >= 11 is 1.95. The van der Waals surface area contributed by atoms with Gasteiger partial charge in [0.1, 0.15) is 0 Å². The Morgan fingerprint density at radius 2 is 0.931 bits per heavy atom. The number of urea groups is 1. The Hall–Kier alpha value is -0.990. The van der Waals surface area contributed by atoms with E-state index in [0.717, 1.165) is 49.9 Å². The maximum absolute atomic E-state index is 12.5. The highest BCUT2D eigenvalue weighted by atomic mass is 32.2. The number of ether oxygens (including phenoxy) is 1. The average Bonchev–Trinajstić information content (AvgIpc) is 3.95. The number of carbonyl (C=O) groups is 2. The standard InChI is InChI=1S/C64H124N4O3S/c1-4-7-10-13-16-19-22-25-28-31-34-39-46-58(47-40-35-32-29-26-23-20-17-14-11-8-5-2)68-54-50-59(51-55-68)67(52-43-36-33-30-27-24-21-18-15-12-9-6-3)53-44-37-38-45-56-71-62(69)49-42-41-48-61-63-60(57-72-61)65-64(70)66-63/h58-61,63H,4-57H2,1-3H3,(H2,65,66,70)/t60-,61-,63-/m0/s1. The minimum Gasteiger partial charge on any atom is -0.466 e. The van der Waals surface area contributed by atoms with Crippen LogP contribution in [-0.4, -0.2) is 89.8 Å². The van der Waals surface area contributed by atoms with Gasteiger partial charge in [0.2, 0.25) is 0 Å². The minimum atomic E-state index is -0.0341. The van der Waals surface area contributed by atoms with Crippen LogP contribution in [-0.2, 0) is 9.53 Å². The summed E-state index contributed by atoms with van der Waals surface area (Å²) in [7, 11) is 0. The second-order valence-electron chi connectivity index (χ2n) is 23.7. The molecule has 0 aliphatic carbocycles. The summed E-state index contributed by atoms with van der Waals surface area (Å²) in [5.74, 6) is 0.958. The Kier molecular flexibility index (Phi) is 42.8. The van der Waals surface area contributed by atoms with E-state index < -0.39 is 0 Å². The van der Waals surface area contributed by atoms with E-state index in [9.17, 15) is 9.59 Å². The Bertz CT molecular complexity index is 1190. The van der Waals surface area contributed by atoms with Gasteiger partial charge in [0.25, 0.3) is 0 Å². The van der Waals surface area contributed by atoms with Gasteiger partial charge in [0.05, 0.1) is 18.7 Å². The number of unbranched alkanes of at least 4 members (excludes halogenated alkanes) is 37. The summed E-state index contributed by atoms with van der Waals surface area (Å²) in [6.45, 7) is 12.7. The molecule has 3 heterocycles. The molecule has 2 amide bonds. The lowest BCUT2D eigenvalue weighted by atomic mass is 9.94. The number of esters is 1. The van der Waals surface area contributed by atoms with Crippen LogP contribution >= 0.6 is 11.8 Å². The fourth-order valence-electron chi connectivity index (χ4n) is 12.5. The Balaban J connectivity index is 1.38. The molecule has 3 rings (SSSR count). The van der Waals surface area contributed by atoms with Gasteiger partial charge in [0.15, 0.2) is 0 Å². The van der Waals surface area contributed by atoms with Crippen LogP contribution in [0.1, 0.15) is 329 Å². The summed E-state index contributed by atoms with van der Waals surface area (Å²) < 4.78 is 5.68. The molecule has 0 bridgehead atoms. The lowest BCUT2D eigenvalue weighted by molar-refractivity contribution is -0.143. The van der Waals surface area contributed by atoms with E-state index >= 15 is 0 Å². The molecule has 3 saturated heterocycles. The summed E-state index contributed by atoms with van der Waals surface area (Å²) in [5, 5.41) is 6.57. The average molecular weight is 1030 g/mol. The van der Waals surface area contributed by atoms with E-state index in [0.29, 0.717) is 18.3 Å². The van der Waals surface area contributed by atoms with Crippen LogP contribution in [0.5, 0.6) is 0 Å². The number of piperidine rings is 1. The summed E-state index contributed by atoms with van der Waals surface area (Å²) in [6, 6.07) is 2.04. The molecule has 0 spiro atoms. The highest BCUT2D eigenvalue weighted by molar-refractivity contribution is 8.00. The van der Waals surface area contributed by atoms with Crippen molar-refractivity contribution in [2.45, 2.75) is 358 Å². The van der Waals surface area contributed by atoms with Gasteiger partial charge in [-0.3, -0.25) is 4.79 Å². The smallest absolute Gasteiger partial charge is 0.315 e. The molecule has 0 aromatic heterocycles. The number of carbonyl (C=O) groups excluding carboxylic acids is 2. The van der Waals surface area contributed by atoms with Gasteiger partial charge in [-0.25, -0.2) is 4.79 Å². The van der Waals surface area contributed by atoms with Crippen LogP contribution in [0.3, 0.4) is 0 Å². The van der Waals surface area contributed by atoms with Crippen LogP contribution in [0.15, 0.2) is 0 Å². The number of nitrogens with one attached hydrogen (secondary N) is 2. The quantitative estimate of drug-likeness (QED) is 0.0359. The van der Waals surface area contributed by atoms with Gasteiger partial charge >= 0.3 is 12.0 Å². The van der Waals surface area contributed by atoms with Gasteiger partial charge < -0.3 is 25.2 Å². The van der Waals surface area contributed by atoms with E-state index in [1.165, 1.54) is 296 Å². The first-order valence-corrected chi connectivity index (χ1v) is 33.9. The predicted octanol–water partition coefficient (Wildman–Crippen LogP) is 18.8. The van der Waals surface area contributed by atoms with Crippen molar-refractivity contribution in [3.8, 4) is 0 Å². The monoisotopic (exact) mass is 1030 g/mol. The Morgan fingerprint density at radius 1 is 0.528 bits per heavy atom. The van der Waals surface area contributed by atoms with Crippen molar-refractivity contribution in [3.05, 3.63) is 0 Å². The molecule has 2 N–H and O–H groups in total. The summed E-state index contributed by atoms with van der Waals surface area (Å²) in [5.41, 5.74) is 0. The molecule has 0 aromatic rings. The SMILES string of the molecule is CCCCCCCCCCCCCCC(CCCCCCCCCCCCCC)N1CCC(N(CCCCCCCCCCCCCC)CCCCCCOC(=O)CCCC[C@@H]2SC[C@@H]3NC(=O)N[C@@H]32)CC1. The maximum Gasteiger partial charge on any atom is 0.315 e. The van der Waals surface area contributed by atoms with E-state index in [-0.39, 0.29) is 24.1 Å². The molecule has 3 fully saturated rings. The number of amides is 2. The van der Waals surface area contributed by atoms with Crippen molar-refractivity contribution < 1.29 is 14.3 Å². The molecule has 3 atom stereocenters. The lowest BCUT2D eigenvalue weighted by Crippen LogP contribution is -2.48. The van der Waals surface area contributed by atoms with Crippen LogP contribution in [0.25, 0.3) is 0 Å². The van der Waals surface area contributed by atoms with E-state index in [1.54, 1.807) is 0 Å². The molecule has 424 valence electrons. The third-order valence-corrected chi connectivity index (χ3v) is 18.8. The Morgan fingerprint density at radius 3 is 1.38 bits per heavy atom. The molecule has 0 radical (unpaired) electrons.